The number of nitro benzene ring substituents is 1. The molecule has 3 aromatic carbocycles. The fourth-order valence-corrected chi connectivity index (χ4v) is 4.05. The molecule has 0 aliphatic carbocycles. The molecule has 6 nitrogen and oxygen atoms in total. The summed E-state index contributed by atoms with van der Waals surface area (Å²) in [5, 5.41) is 12.7. The molecule has 0 aliphatic rings. The Labute approximate surface area is 146 Å². The van der Waals surface area contributed by atoms with Crippen LogP contribution >= 0.6 is 15.9 Å². The molecule has 0 unspecified atom stereocenters. The number of halogens is 1. The third kappa shape index (κ3) is 2.98. The Morgan fingerprint density at radius 3 is 2.38 bits per heavy atom. The van der Waals surface area contributed by atoms with Gasteiger partial charge in [0.1, 0.15) is 0 Å². The molecular weight excluding hydrogens is 398 g/mol. The second-order valence-electron chi connectivity index (χ2n) is 4.86. The number of nitrogens with zero attached hydrogens (tertiary/aromatic N) is 1. The predicted molar refractivity (Wildman–Crippen MR) is 92.6 cm³/mol. The first kappa shape index (κ1) is 16.4. The molecule has 0 atom stereocenters. The first-order chi connectivity index (χ1) is 11.4. The molecule has 8 heteroatoms. The Bertz CT molecular complexity index is 1050. The zero-order valence-electron chi connectivity index (χ0n) is 12.0. The standard InChI is InChI=1S/C16H10BrNO5S/c17-16-12-6-2-1-5-11(12)9-10-14(16)23-24(21,22)15-8-4-3-7-13(15)18(19)20/h1-10H. The summed E-state index contributed by atoms with van der Waals surface area (Å²) in [7, 11) is -4.35. The van der Waals surface area contributed by atoms with Crippen molar-refractivity contribution in [1.29, 1.82) is 0 Å². The van der Waals surface area contributed by atoms with Crippen LogP contribution in [0, 0.1) is 10.1 Å². The van der Waals surface area contributed by atoms with Gasteiger partial charge < -0.3 is 4.18 Å². The Morgan fingerprint density at radius 1 is 0.958 bits per heavy atom. The van der Waals surface area contributed by atoms with Gasteiger partial charge in [-0.2, -0.15) is 8.42 Å². The van der Waals surface area contributed by atoms with Gasteiger partial charge in [-0.05, 0) is 38.8 Å². The van der Waals surface area contributed by atoms with Crippen LogP contribution in [0.5, 0.6) is 5.75 Å². The summed E-state index contributed by atoms with van der Waals surface area (Å²) in [6.45, 7) is 0. The van der Waals surface area contributed by atoms with Gasteiger partial charge >= 0.3 is 10.1 Å². The van der Waals surface area contributed by atoms with Crippen LogP contribution in [0.3, 0.4) is 0 Å². The van der Waals surface area contributed by atoms with E-state index in [1.54, 1.807) is 6.07 Å². The van der Waals surface area contributed by atoms with Crippen molar-refractivity contribution in [1.82, 2.24) is 0 Å². The number of rotatable bonds is 4. The van der Waals surface area contributed by atoms with Crippen molar-refractivity contribution in [2.24, 2.45) is 0 Å². The third-order valence-corrected chi connectivity index (χ3v) is 5.46. The Kier molecular flexibility index (Phi) is 4.25. The van der Waals surface area contributed by atoms with E-state index < -0.39 is 25.6 Å². The van der Waals surface area contributed by atoms with Gasteiger partial charge in [-0.1, -0.05) is 42.5 Å². The minimum absolute atomic E-state index is 0.0619. The van der Waals surface area contributed by atoms with Gasteiger partial charge in [0, 0.05) is 6.07 Å². The lowest BCUT2D eigenvalue weighted by molar-refractivity contribution is -0.387. The van der Waals surface area contributed by atoms with Gasteiger partial charge in [-0.3, -0.25) is 10.1 Å². The molecule has 0 saturated carbocycles. The average molecular weight is 408 g/mol. The van der Waals surface area contributed by atoms with Crippen molar-refractivity contribution in [2.75, 3.05) is 0 Å². The molecule has 0 bridgehead atoms. The van der Waals surface area contributed by atoms with Crippen LogP contribution < -0.4 is 4.18 Å². The summed E-state index contributed by atoms with van der Waals surface area (Å²) >= 11 is 3.33. The maximum atomic E-state index is 12.5. The highest BCUT2D eigenvalue weighted by molar-refractivity contribution is 9.10. The molecule has 3 rings (SSSR count). The third-order valence-electron chi connectivity index (χ3n) is 3.36. The molecular formula is C16H10BrNO5S. The molecule has 0 heterocycles. The number of para-hydroxylation sites is 1. The molecule has 0 radical (unpaired) electrons. The van der Waals surface area contributed by atoms with Crippen LogP contribution in [0.15, 0.2) is 70.0 Å². The van der Waals surface area contributed by atoms with Crippen LogP contribution in [-0.2, 0) is 10.1 Å². The Morgan fingerprint density at radius 2 is 1.62 bits per heavy atom. The van der Waals surface area contributed by atoms with Crippen molar-refractivity contribution >= 4 is 42.5 Å². The average Bonchev–Trinajstić information content (AvgIpc) is 2.57. The van der Waals surface area contributed by atoms with E-state index in [1.165, 1.54) is 18.2 Å². The monoisotopic (exact) mass is 407 g/mol. The fraction of sp³-hybridized carbons (Fsp3) is 0. The number of benzene rings is 3. The summed E-state index contributed by atoms with van der Waals surface area (Å²) in [6, 6.07) is 15.6. The Balaban J connectivity index is 2.08. The molecule has 3 aromatic rings. The van der Waals surface area contributed by atoms with Crippen molar-refractivity contribution < 1.29 is 17.5 Å². The maximum Gasteiger partial charge on any atom is 0.346 e. The topological polar surface area (TPSA) is 86.5 Å². The van der Waals surface area contributed by atoms with Gasteiger partial charge in [0.2, 0.25) is 0 Å². The minimum atomic E-state index is -4.35. The zero-order valence-corrected chi connectivity index (χ0v) is 14.5. The highest BCUT2D eigenvalue weighted by Gasteiger charge is 2.28. The summed E-state index contributed by atoms with van der Waals surface area (Å²) in [4.78, 5) is 9.79. The lowest BCUT2D eigenvalue weighted by Gasteiger charge is -2.10. The molecule has 0 fully saturated rings. The molecule has 0 aromatic heterocycles. The van der Waals surface area contributed by atoms with Crippen molar-refractivity contribution in [3.8, 4) is 5.75 Å². The van der Waals surface area contributed by atoms with Gasteiger partial charge in [0.05, 0.1) is 9.40 Å². The highest BCUT2D eigenvalue weighted by Crippen LogP contribution is 2.35. The van der Waals surface area contributed by atoms with E-state index in [0.29, 0.717) is 4.47 Å². The highest BCUT2D eigenvalue weighted by atomic mass is 79.9. The van der Waals surface area contributed by atoms with E-state index in [4.69, 9.17) is 4.18 Å². The van der Waals surface area contributed by atoms with Crippen LogP contribution in [0.4, 0.5) is 5.69 Å². The van der Waals surface area contributed by atoms with E-state index in [9.17, 15) is 18.5 Å². The number of fused-ring (bicyclic) bond motifs is 1. The quantitative estimate of drug-likeness (QED) is 0.366. The van der Waals surface area contributed by atoms with Gasteiger partial charge in [0.25, 0.3) is 5.69 Å². The fourth-order valence-electron chi connectivity index (χ4n) is 2.26. The molecule has 0 N–H and O–H groups in total. The van der Waals surface area contributed by atoms with Crippen molar-refractivity contribution in [3.05, 3.63) is 75.3 Å². The van der Waals surface area contributed by atoms with E-state index in [1.807, 2.05) is 24.3 Å². The first-order valence-corrected chi connectivity index (χ1v) is 8.95. The molecule has 0 saturated heterocycles. The lowest BCUT2D eigenvalue weighted by Crippen LogP contribution is -2.12. The SMILES string of the molecule is O=[N+]([O-])c1ccccc1S(=O)(=O)Oc1ccc2ccccc2c1Br. The molecule has 0 aliphatic heterocycles. The van der Waals surface area contributed by atoms with Crippen LogP contribution in [-0.4, -0.2) is 13.3 Å². The zero-order chi connectivity index (χ0) is 17.3. The summed E-state index contributed by atoms with van der Waals surface area (Å²) in [5.41, 5.74) is -0.533. The predicted octanol–water partition coefficient (Wildman–Crippen LogP) is 4.28. The van der Waals surface area contributed by atoms with Gasteiger partial charge in [-0.25, -0.2) is 0 Å². The number of hydrogen-bond acceptors (Lipinski definition) is 5. The van der Waals surface area contributed by atoms with E-state index in [0.717, 1.165) is 22.9 Å². The smallest absolute Gasteiger partial charge is 0.346 e. The molecule has 24 heavy (non-hydrogen) atoms. The minimum Gasteiger partial charge on any atom is -0.378 e. The van der Waals surface area contributed by atoms with Crippen molar-refractivity contribution in [2.45, 2.75) is 4.90 Å². The Hall–Kier alpha value is -2.45. The van der Waals surface area contributed by atoms with Crippen LogP contribution in [0.25, 0.3) is 10.8 Å². The lowest BCUT2D eigenvalue weighted by atomic mass is 10.1. The summed E-state index contributed by atoms with van der Waals surface area (Å²) in [6.07, 6.45) is 0. The van der Waals surface area contributed by atoms with E-state index in [2.05, 4.69) is 15.9 Å². The normalized spacial score (nSPS) is 11.4. The molecule has 0 spiro atoms. The summed E-state index contributed by atoms with van der Waals surface area (Å²) in [5.74, 6) is 0.0619. The van der Waals surface area contributed by atoms with Gasteiger partial charge in [0.15, 0.2) is 10.6 Å². The second kappa shape index (κ2) is 6.21. The summed E-state index contributed by atoms with van der Waals surface area (Å²) < 4.78 is 30.5. The van der Waals surface area contributed by atoms with E-state index in [-0.39, 0.29) is 5.75 Å². The molecule has 0 amide bonds. The largest absolute Gasteiger partial charge is 0.378 e. The van der Waals surface area contributed by atoms with E-state index >= 15 is 0 Å². The second-order valence-corrected chi connectivity index (χ2v) is 7.17. The van der Waals surface area contributed by atoms with Crippen molar-refractivity contribution in [3.63, 3.8) is 0 Å². The maximum absolute atomic E-state index is 12.5. The van der Waals surface area contributed by atoms with Gasteiger partial charge in [-0.15, -0.1) is 0 Å². The van der Waals surface area contributed by atoms with Crippen LogP contribution in [0.1, 0.15) is 0 Å². The number of nitro groups is 1. The van der Waals surface area contributed by atoms with Crippen LogP contribution in [0.2, 0.25) is 0 Å². The number of hydrogen-bond donors (Lipinski definition) is 0. The molecule has 122 valence electrons. The first-order valence-electron chi connectivity index (χ1n) is 6.75.